The Bertz CT molecular complexity index is 852. The molecule has 2 nitrogen and oxygen atoms in total. The van der Waals surface area contributed by atoms with Crippen LogP contribution in [-0.4, -0.2) is 9.55 Å². The van der Waals surface area contributed by atoms with Gasteiger partial charge in [0.25, 0.3) is 0 Å². The lowest BCUT2D eigenvalue weighted by Crippen LogP contribution is -2.01. The minimum Gasteiger partial charge on any atom is -0.336 e. The second-order valence-corrected chi connectivity index (χ2v) is 5.97. The Hall–Kier alpha value is -1.72. The summed E-state index contributed by atoms with van der Waals surface area (Å²) in [5, 5.41) is 0. The van der Waals surface area contributed by atoms with Gasteiger partial charge < -0.3 is 4.98 Å². The summed E-state index contributed by atoms with van der Waals surface area (Å²) in [6.45, 7) is 1.93. The molecule has 0 fully saturated rings. The van der Waals surface area contributed by atoms with Gasteiger partial charge in [-0.15, -0.1) is 0 Å². The largest absolute Gasteiger partial charge is 0.336 e. The molecular formula is C16H12BrFN2S. The predicted octanol–water partition coefficient (Wildman–Crippen LogP) is 5.41. The van der Waals surface area contributed by atoms with Gasteiger partial charge in [0.1, 0.15) is 5.82 Å². The van der Waals surface area contributed by atoms with Crippen molar-refractivity contribution in [2.45, 2.75) is 6.92 Å². The fraction of sp³-hybridized carbons (Fsp3) is 0.0625. The van der Waals surface area contributed by atoms with Crippen LogP contribution in [0.15, 0.2) is 53.1 Å². The molecule has 0 radical (unpaired) electrons. The molecule has 0 aliphatic heterocycles. The van der Waals surface area contributed by atoms with Crippen LogP contribution >= 0.6 is 28.1 Å². The van der Waals surface area contributed by atoms with Gasteiger partial charge in [-0.25, -0.2) is 4.39 Å². The molecule has 3 aromatic rings. The third kappa shape index (κ3) is 2.59. The number of aromatic amines is 1. The Morgan fingerprint density at radius 1 is 1.19 bits per heavy atom. The minimum absolute atomic E-state index is 0.308. The van der Waals surface area contributed by atoms with Crippen molar-refractivity contribution in [3.63, 3.8) is 0 Å². The molecule has 0 bridgehead atoms. The van der Waals surface area contributed by atoms with Crippen molar-refractivity contribution in [2.24, 2.45) is 0 Å². The van der Waals surface area contributed by atoms with Crippen molar-refractivity contribution in [1.82, 2.24) is 9.55 Å². The van der Waals surface area contributed by atoms with E-state index >= 15 is 0 Å². The summed E-state index contributed by atoms with van der Waals surface area (Å²) in [6, 6.07) is 13.1. The van der Waals surface area contributed by atoms with E-state index in [0.29, 0.717) is 9.24 Å². The SMILES string of the molecule is Cc1cc(Br)c(F)cc1-n1c(-c2ccccc2)c[nH]c1=S. The number of nitrogens with zero attached hydrogens (tertiary/aromatic N) is 1. The topological polar surface area (TPSA) is 20.7 Å². The van der Waals surface area contributed by atoms with Crippen LogP contribution in [0.2, 0.25) is 0 Å². The van der Waals surface area contributed by atoms with Crippen LogP contribution in [0.4, 0.5) is 4.39 Å². The normalized spacial score (nSPS) is 10.8. The quantitative estimate of drug-likeness (QED) is 0.604. The van der Waals surface area contributed by atoms with Crippen LogP contribution < -0.4 is 0 Å². The molecule has 1 N–H and O–H groups in total. The number of nitrogens with one attached hydrogen (secondary N) is 1. The second kappa shape index (κ2) is 5.58. The van der Waals surface area contributed by atoms with E-state index in [-0.39, 0.29) is 5.82 Å². The molecule has 3 rings (SSSR count). The summed E-state index contributed by atoms with van der Waals surface area (Å²) in [6.07, 6.45) is 1.84. The summed E-state index contributed by atoms with van der Waals surface area (Å²) in [4.78, 5) is 3.04. The molecule has 1 heterocycles. The first-order chi connectivity index (χ1) is 10.1. The molecular weight excluding hydrogens is 351 g/mol. The Balaban J connectivity index is 2.27. The zero-order valence-corrected chi connectivity index (χ0v) is 13.6. The molecule has 0 aliphatic rings. The fourth-order valence-corrected chi connectivity index (χ4v) is 3.02. The maximum absolute atomic E-state index is 13.9. The van der Waals surface area contributed by atoms with Gasteiger partial charge in [-0.05, 0) is 52.8 Å². The molecule has 0 amide bonds. The van der Waals surface area contributed by atoms with E-state index in [1.165, 1.54) is 6.07 Å². The number of benzene rings is 2. The Morgan fingerprint density at radius 2 is 1.90 bits per heavy atom. The van der Waals surface area contributed by atoms with E-state index in [2.05, 4.69) is 20.9 Å². The molecule has 2 aromatic carbocycles. The molecule has 0 saturated heterocycles. The summed E-state index contributed by atoms with van der Waals surface area (Å²) >= 11 is 8.57. The number of aryl methyl sites for hydroxylation is 1. The lowest BCUT2D eigenvalue weighted by atomic mass is 10.1. The highest BCUT2D eigenvalue weighted by molar-refractivity contribution is 9.10. The second-order valence-electron chi connectivity index (χ2n) is 4.73. The molecule has 0 unspecified atom stereocenters. The first-order valence-corrected chi connectivity index (χ1v) is 7.60. The van der Waals surface area contributed by atoms with Crippen LogP contribution in [-0.2, 0) is 0 Å². The molecule has 0 aliphatic carbocycles. The van der Waals surface area contributed by atoms with Gasteiger partial charge in [0.05, 0.1) is 15.9 Å². The molecule has 5 heteroatoms. The summed E-state index contributed by atoms with van der Waals surface area (Å²) in [7, 11) is 0. The van der Waals surface area contributed by atoms with E-state index in [1.54, 1.807) is 6.07 Å². The molecule has 0 atom stereocenters. The van der Waals surface area contributed by atoms with Crippen molar-refractivity contribution in [3.8, 4) is 16.9 Å². The number of H-pyrrole nitrogens is 1. The van der Waals surface area contributed by atoms with Crippen molar-refractivity contribution in [1.29, 1.82) is 0 Å². The van der Waals surface area contributed by atoms with Crippen molar-refractivity contribution >= 4 is 28.1 Å². The maximum Gasteiger partial charge on any atom is 0.182 e. The van der Waals surface area contributed by atoms with Gasteiger partial charge >= 0.3 is 0 Å². The van der Waals surface area contributed by atoms with Crippen molar-refractivity contribution in [3.05, 3.63) is 69.3 Å². The maximum atomic E-state index is 13.9. The zero-order valence-electron chi connectivity index (χ0n) is 11.2. The Kier molecular flexibility index (Phi) is 3.78. The van der Waals surface area contributed by atoms with E-state index in [0.717, 1.165) is 22.5 Å². The van der Waals surface area contributed by atoms with Gasteiger partial charge in [-0.1, -0.05) is 30.3 Å². The lowest BCUT2D eigenvalue weighted by Gasteiger charge is -2.12. The van der Waals surface area contributed by atoms with Gasteiger partial charge in [0.2, 0.25) is 0 Å². The van der Waals surface area contributed by atoms with Gasteiger partial charge in [0.15, 0.2) is 4.77 Å². The standard InChI is InChI=1S/C16H12BrFN2S/c1-10-7-12(17)13(18)8-14(10)20-15(9-19-16(20)21)11-5-3-2-4-6-11/h2-9H,1H3,(H,19,21). The third-order valence-corrected chi connectivity index (χ3v) is 4.23. The number of halogens is 2. The fourth-order valence-electron chi connectivity index (χ4n) is 2.31. The van der Waals surface area contributed by atoms with E-state index in [1.807, 2.05) is 48.0 Å². The molecule has 0 spiro atoms. The van der Waals surface area contributed by atoms with E-state index < -0.39 is 0 Å². The van der Waals surface area contributed by atoms with Crippen LogP contribution in [0, 0.1) is 17.5 Å². The highest BCUT2D eigenvalue weighted by atomic mass is 79.9. The smallest absolute Gasteiger partial charge is 0.182 e. The third-order valence-electron chi connectivity index (χ3n) is 3.33. The van der Waals surface area contributed by atoms with Gasteiger partial charge in [-0.2, -0.15) is 0 Å². The number of rotatable bonds is 2. The van der Waals surface area contributed by atoms with Gasteiger partial charge in [-0.3, -0.25) is 4.57 Å². The van der Waals surface area contributed by atoms with Crippen molar-refractivity contribution < 1.29 is 4.39 Å². The first kappa shape index (κ1) is 14.2. The zero-order chi connectivity index (χ0) is 15.0. The summed E-state index contributed by atoms with van der Waals surface area (Å²) in [5.41, 5.74) is 3.61. The molecule has 0 saturated carbocycles. The minimum atomic E-state index is -0.308. The van der Waals surface area contributed by atoms with E-state index in [4.69, 9.17) is 12.2 Å². The van der Waals surface area contributed by atoms with Crippen LogP contribution in [0.25, 0.3) is 16.9 Å². The van der Waals surface area contributed by atoms with Crippen LogP contribution in [0.1, 0.15) is 5.56 Å². The van der Waals surface area contributed by atoms with Crippen molar-refractivity contribution in [2.75, 3.05) is 0 Å². The number of imidazole rings is 1. The van der Waals surface area contributed by atoms with Crippen LogP contribution in [0.5, 0.6) is 0 Å². The number of hydrogen-bond acceptors (Lipinski definition) is 1. The molecule has 106 valence electrons. The number of aromatic nitrogens is 2. The number of hydrogen-bond donors (Lipinski definition) is 1. The Morgan fingerprint density at radius 3 is 2.62 bits per heavy atom. The highest BCUT2D eigenvalue weighted by Gasteiger charge is 2.13. The molecule has 1 aromatic heterocycles. The Labute approximate surface area is 135 Å². The first-order valence-electron chi connectivity index (χ1n) is 6.40. The van der Waals surface area contributed by atoms with Gasteiger partial charge in [0, 0.05) is 11.8 Å². The monoisotopic (exact) mass is 362 g/mol. The predicted molar refractivity (Wildman–Crippen MR) is 88.8 cm³/mol. The molecule has 21 heavy (non-hydrogen) atoms. The van der Waals surface area contributed by atoms with Crippen LogP contribution in [0.3, 0.4) is 0 Å². The summed E-state index contributed by atoms with van der Waals surface area (Å²) < 4.78 is 16.8. The average Bonchev–Trinajstić information content (AvgIpc) is 2.85. The highest BCUT2D eigenvalue weighted by Crippen LogP contribution is 2.28. The average molecular weight is 363 g/mol. The lowest BCUT2D eigenvalue weighted by molar-refractivity contribution is 0.619. The summed E-state index contributed by atoms with van der Waals surface area (Å²) in [5.74, 6) is -0.308. The van der Waals surface area contributed by atoms with E-state index in [9.17, 15) is 4.39 Å².